The van der Waals surface area contributed by atoms with E-state index >= 15 is 0 Å². The van der Waals surface area contributed by atoms with E-state index in [1.165, 1.54) is 36.0 Å². The number of nitrogens with one attached hydrogen (secondary N) is 1. The number of nitrogens with zero attached hydrogens (tertiary/aromatic N) is 4. The summed E-state index contributed by atoms with van der Waals surface area (Å²) in [4.78, 5) is 28.2. The Hall–Kier alpha value is -2.94. The van der Waals surface area contributed by atoms with E-state index in [4.69, 9.17) is 4.74 Å². The van der Waals surface area contributed by atoms with Gasteiger partial charge in [0.15, 0.2) is 9.84 Å². The zero-order valence-electron chi connectivity index (χ0n) is 23.4. The summed E-state index contributed by atoms with van der Waals surface area (Å²) in [6.07, 6.45) is 1.22. The average Bonchev–Trinajstić information content (AvgIpc) is 3.41. The molecule has 1 amide bonds. The van der Waals surface area contributed by atoms with Gasteiger partial charge in [-0.2, -0.15) is 13.2 Å². The maximum Gasteiger partial charge on any atom is 0.451 e. The fourth-order valence-electron chi connectivity index (χ4n) is 5.52. The monoisotopic (exact) mass is 623 g/mol. The number of alkyl halides is 3. The first kappa shape index (κ1) is 30.5. The smallest absolute Gasteiger partial charge is 0.366 e. The number of amides is 1. The number of hydrogen-bond acceptors (Lipinski definition) is 9. The molecule has 1 N–H and O–H groups in total. The lowest BCUT2D eigenvalue weighted by Gasteiger charge is -2.47. The number of thiophene rings is 1. The van der Waals surface area contributed by atoms with Crippen LogP contribution in [0.15, 0.2) is 41.7 Å². The van der Waals surface area contributed by atoms with Gasteiger partial charge in [0.2, 0.25) is 5.82 Å². The van der Waals surface area contributed by atoms with Crippen molar-refractivity contribution in [2.24, 2.45) is 0 Å². The van der Waals surface area contributed by atoms with Gasteiger partial charge in [-0.05, 0) is 56.9 Å². The minimum absolute atomic E-state index is 0.0111. The molecule has 9 nitrogen and oxygen atoms in total. The highest BCUT2D eigenvalue weighted by molar-refractivity contribution is 7.91. The number of rotatable bonds is 7. The predicted octanol–water partition coefficient (Wildman–Crippen LogP) is 4.69. The van der Waals surface area contributed by atoms with Gasteiger partial charge in [0, 0.05) is 48.2 Å². The van der Waals surface area contributed by atoms with Crippen LogP contribution in [-0.4, -0.2) is 59.1 Å². The molecule has 42 heavy (non-hydrogen) atoms. The minimum atomic E-state index is -4.58. The van der Waals surface area contributed by atoms with Gasteiger partial charge in [-0.3, -0.25) is 14.7 Å². The third-order valence-electron chi connectivity index (χ3n) is 7.91. The Kier molecular flexibility index (Phi) is 8.45. The number of fused-ring (bicyclic) bond motifs is 2. The second-order valence-corrected chi connectivity index (χ2v) is 14.0. The lowest BCUT2D eigenvalue weighted by atomic mass is 9.83. The number of carbonyl (C=O) groups excluding carboxylic acids is 1. The van der Waals surface area contributed by atoms with Crippen LogP contribution in [0.25, 0.3) is 0 Å². The predicted molar refractivity (Wildman–Crippen MR) is 150 cm³/mol. The highest BCUT2D eigenvalue weighted by Crippen LogP contribution is 2.48. The van der Waals surface area contributed by atoms with Gasteiger partial charge in [-0.25, -0.2) is 18.4 Å². The van der Waals surface area contributed by atoms with Crippen molar-refractivity contribution in [2.45, 2.75) is 75.4 Å². The fraction of sp³-hybridized carbons (Fsp3) is 0.500. The Bertz CT molecular complexity index is 1530. The first-order valence-corrected chi connectivity index (χ1v) is 16.2. The van der Waals surface area contributed by atoms with Crippen molar-refractivity contribution in [3.63, 3.8) is 0 Å². The van der Waals surface area contributed by atoms with Gasteiger partial charge >= 0.3 is 6.18 Å². The van der Waals surface area contributed by atoms with Crippen LogP contribution >= 0.6 is 11.3 Å². The van der Waals surface area contributed by atoms with Crippen LogP contribution in [0.2, 0.25) is 0 Å². The molecule has 1 saturated heterocycles. The number of aromatic nitrogens is 3. The highest BCUT2D eigenvalue weighted by atomic mass is 32.2. The Morgan fingerprint density at radius 1 is 1.19 bits per heavy atom. The molecule has 0 aromatic carbocycles. The summed E-state index contributed by atoms with van der Waals surface area (Å²) in [6.45, 7) is 6.99. The summed E-state index contributed by atoms with van der Waals surface area (Å²) >= 11 is 1.42. The van der Waals surface area contributed by atoms with Crippen LogP contribution in [0.5, 0.6) is 0 Å². The lowest BCUT2D eigenvalue weighted by Crippen LogP contribution is -2.48. The van der Waals surface area contributed by atoms with Crippen molar-refractivity contribution in [1.82, 2.24) is 25.2 Å². The number of halogens is 3. The molecule has 0 bridgehead atoms. The van der Waals surface area contributed by atoms with Gasteiger partial charge in [0.1, 0.15) is 5.60 Å². The summed E-state index contributed by atoms with van der Waals surface area (Å²) in [5.41, 5.74) is 1.72. The second kappa shape index (κ2) is 11.6. The quantitative estimate of drug-likeness (QED) is 0.403. The molecule has 14 heteroatoms. The number of likely N-dealkylation sites (tertiary alicyclic amines) is 1. The van der Waals surface area contributed by atoms with Gasteiger partial charge in [0.25, 0.3) is 5.91 Å². The number of sulfone groups is 1. The maximum absolute atomic E-state index is 13.1. The van der Waals surface area contributed by atoms with Crippen molar-refractivity contribution >= 4 is 27.1 Å². The summed E-state index contributed by atoms with van der Waals surface area (Å²) in [7, 11) is -3.34. The summed E-state index contributed by atoms with van der Waals surface area (Å²) in [5.74, 6) is -1.40. The largest absolute Gasteiger partial charge is 0.451 e. The molecule has 1 fully saturated rings. The summed E-state index contributed by atoms with van der Waals surface area (Å²) in [5, 5.41) is 2.88. The van der Waals surface area contributed by atoms with Crippen LogP contribution in [0.3, 0.4) is 0 Å². The lowest BCUT2D eigenvalue weighted by molar-refractivity contribution is -0.145. The van der Waals surface area contributed by atoms with Crippen LogP contribution in [-0.2, 0) is 39.3 Å². The fourth-order valence-corrected chi connectivity index (χ4v) is 7.64. The Balaban J connectivity index is 1.25. The number of hydrogen-bond donors (Lipinski definition) is 1. The molecule has 1 spiro atoms. The molecule has 2 aliphatic rings. The molecule has 3 aromatic rings. The molecule has 2 atom stereocenters. The molecule has 3 aromatic heterocycles. The second-order valence-electron chi connectivity index (χ2n) is 10.7. The van der Waals surface area contributed by atoms with Crippen molar-refractivity contribution in [3.05, 3.63) is 69.2 Å². The van der Waals surface area contributed by atoms with E-state index in [1.807, 2.05) is 19.9 Å². The Morgan fingerprint density at radius 3 is 2.48 bits per heavy atom. The van der Waals surface area contributed by atoms with Gasteiger partial charge in [-0.15, -0.1) is 11.3 Å². The van der Waals surface area contributed by atoms with Crippen LogP contribution in [0.4, 0.5) is 13.2 Å². The Labute approximate surface area is 246 Å². The van der Waals surface area contributed by atoms with E-state index in [-0.39, 0.29) is 35.2 Å². The van der Waals surface area contributed by atoms with Crippen LogP contribution in [0.1, 0.15) is 76.8 Å². The van der Waals surface area contributed by atoms with Gasteiger partial charge in [0.05, 0.1) is 33.9 Å². The summed E-state index contributed by atoms with van der Waals surface area (Å²) in [6, 6.07) is 4.85. The molecule has 5 heterocycles. The average molecular weight is 624 g/mol. The van der Waals surface area contributed by atoms with E-state index in [9.17, 15) is 26.4 Å². The number of pyridine rings is 1. The van der Waals surface area contributed by atoms with E-state index in [2.05, 4.69) is 25.2 Å². The van der Waals surface area contributed by atoms with E-state index in [0.717, 1.165) is 10.4 Å². The number of piperidine rings is 1. The van der Waals surface area contributed by atoms with Crippen molar-refractivity contribution in [1.29, 1.82) is 0 Å². The van der Waals surface area contributed by atoms with Crippen molar-refractivity contribution < 1.29 is 31.1 Å². The zero-order valence-corrected chi connectivity index (χ0v) is 25.1. The first-order valence-electron chi connectivity index (χ1n) is 13.7. The molecule has 5 rings (SSSR count). The molecule has 0 radical (unpaired) electrons. The maximum atomic E-state index is 13.1. The summed E-state index contributed by atoms with van der Waals surface area (Å²) < 4.78 is 69.2. The molecular weight excluding hydrogens is 591 g/mol. The van der Waals surface area contributed by atoms with Crippen molar-refractivity contribution in [2.75, 3.05) is 18.8 Å². The molecule has 226 valence electrons. The van der Waals surface area contributed by atoms with Gasteiger partial charge in [-0.1, -0.05) is 6.92 Å². The number of carbonyl (C=O) groups is 1. The Morgan fingerprint density at radius 2 is 1.88 bits per heavy atom. The van der Waals surface area contributed by atoms with Gasteiger partial charge < -0.3 is 10.1 Å². The SMILES string of the molecule is CCS(=O)(=O)c1ccc(CNC(=O)c2cc3c(s2)C2(CCN(C(C)c4cnc(C(F)(F)F)nc4)CC2)O[C@@H](C)C3)nc1. The standard InChI is InChI=1S/C28H32F3N5O4S2/c1-4-42(38,39)22-6-5-21(32-16-22)15-33-25(37)23-12-19-11-17(2)40-27(24(19)41-23)7-9-36(10-8-27)18(3)20-13-34-26(35-14-20)28(29,30)31/h5-6,12-14,16-18H,4,7-11,15H2,1-3H3,(H,33,37)/t17-,18?/m0/s1. The minimum Gasteiger partial charge on any atom is -0.366 e. The molecule has 1 unspecified atom stereocenters. The van der Waals surface area contributed by atoms with Crippen LogP contribution in [0, 0.1) is 0 Å². The van der Waals surface area contributed by atoms with Crippen LogP contribution < -0.4 is 5.32 Å². The first-order chi connectivity index (χ1) is 19.8. The third-order valence-corrected chi connectivity index (χ3v) is 11.0. The van der Waals surface area contributed by atoms with Crippen molar-refractivity contribution in [3.8, 4) is 0 Å². The molecule has 2 aliphatic heterocycles. The number of ether oxygens (including phenoxy) is 1. The zero-order chi connectivity index (χ0) is 30.3. The molecule has 0 saturated carbocycles. The third kappa shape index (κ3) is 6.21. The topological polar surface area (TPSA) is 114 Å². The highest BCUT2D eigenvalue weighted by Gasteiger charge is 2.45. The normalized spacial score (nSPS) is 19.8. The van der Waals surface area contributed by atoms with E-state index in [1.54, 1.807) is 13.0 Å². The molecule has 0 aliphatic carbocycles. The van der Waals surface area contributed by atoms with E-state index in [0.29, 0.717) is 48.5 Å². The van der Waals surface area contributed by atoms with E-state index < -0.39 is 27.4 Å². The molecular formula is C28H32F3N5O4S2.